The number of allylic oxidation sites excluding steroid dienone is 7. The van der Waals surface area contributed by atoms with E-state index in [0.29, 0.717) is 47.8 Å². The fraction of sp³-hybridized carbons (Fsp3) is 0.727. The predicted molar refractivity (Wildman–Crippen MR) is 198 cm³/mol. The molecule has 0 bridgehead atoms. The topological polar surface area (TPSA) is 15.7 Å². The third-order valence-electron chi connectivity index (χ3n) is 16.3. The molecule has 9 atom stereocenters. The summed E-state index contributed by atoms with van der Waals surface area (Å²) in [4.78, 5) is 6.21. The van der Waals surface area contributed by atoms with E-state index < -0.39 is 0 Å². The molecular formula is C44H61BN2O. The van der Waals surface area contributed by atoms with E-state index in [1.807, 2.05) is 16.6 Å². The summed E-state index contributed by atoms with van der Waals surface area (Å²) in [6, 6.07) is 1.11. The molecule has 2 saturated heterocycles. The molecule has 4 heteroatoms. The molecule has 3 nitrogen and oxygen atoms in total. The molecule has 3 fully saturated rings. The van der Waals surface area contributed by atoms with Crippen LogP contribution >= 0.6 is 0 Å². The Morgan fingerprint density at radius 3 is 2.58 bits per heavy atom. The molecule has 10 rings (SSSR count). The first kappa shape index (κ1) is 30.9. The Kier molecular flexibility index (Phi) is 6.78. The van der Waals surface area contributed by atoms with E-state index >= 15 is 0 Å². The van der Waals surface area contributed by atoms with Crippen molar-refractivity contribution in [2.45, 2.75) is 167 Å². The van der Waals surface area contributed by atoms with Gasteiger partial charge in [-0.1, -0.05) is 99.9 Å². The second-order valence-electron chi connectivity index (χ2n) is 19.7. The molecule has 48 heavy (non-hydrogen) atoms. The monoisotopic (exact) mass is 644 g/mol. The van der Waals surface area contributed by atoms with Gasteiger partial charge in [0, 0.05) is 57.9 Å². The van der Waals surface area contributed by atoms with E-state index in [0.717, 1.165) is 5.92 Å². The van der Waals surface area contributed by atoms with Gasteiger partial charge in [0.2, 0.25) is 6.71 Å². The van der Waals surface area contributed by atoms with Crippen LogP contribution in [0, 0.1) is 34.5 Å². The Morgan fingerprint density at radius 2 is 1.77 bits per heavy atom. The second-order valence-corrected chi connectivity index (χ2v) is 19.7. The third-order valence-corrected chi connectivity index (χ3v) is 16.3. The van der Waals surface area contributed by atoms with E-state index in [4.69, 9.17) is 4.74 Å². The number of nitrogens with zero attached hydrogens (tertiary/aromatic N) is 2. The van der Waals surface area contributed by atoms with Crippen LogP contribution in [-0.4, -0.2) is 46.3 Å². The maximum atomic E-state index is 7.13. The Bertz CT molecular complexity index is 1580. The Labute approximate surface area is 292 Å². The molecule has 0 aromatic rings. The Morgan fingerprint density at radius 1 is 0.958 bits per heavy atom. The number of rotatable bonds is 1. The predicted octanol–water partition coefficient (Wildman–Crippen LogP) is 10.3. The molecule has 256 valence electrons. The molecule has 9 unspecified atom stereocenters. The van der Waals surface area contributed by atoms with Gasteiger partial charge in [-0.2, -0.15) is 0 Å². The molecule has 0 amide bonds. The molecule has 0 N–H and O–H groups in total. The summed E-state index contributed by atoms with van der Waals surface area (Å²) >= 11 is 0. The second kappa shape index (κ2) is 10.6. The summed E-state index contributed by atoms with van der Waals surface area (Å²) in [5, 5.41) is 0. The summed E-state index contributed by atoms with van der Waals surface area (Å²) in [5.41, 5.74) is 11.7. The SMILES string of the molecule is CC1CC2=C3B(C4=C5C(CCC4)C4(CCCCC4)C(C)(C)N5C3C1)C1CC(C(C)(C)C)=CCC1N2C1=CCCC2C1OC1C=CC=CC12. The van der Waals surface area contributed by atoms with Crippen molar-refractivity contribution < 1.29 is 4.74 Å². The van der Waals surface area contributed by atoms with Crippen molar-refractivity contribution in [2.75, 3.05) is 0 Å². The summed E-state index contributed by atoms with van der Waals surface area (Å²) in [5.74, 6) is 3.29. The van der Waals surface area contributed by atoms with Crippen LogP contribution in [0.5, 0.6) is 0 Å². The fourth-order valence-corrected chi connectivity index (χ4v) is 14.3. The smallest absolute Gasteiger partial charge is 0.212 e. The third kappa shape index (κ3) is 3.99. The molecule has 10 aliphatic rings. The Hall–Kier alpha value is -1.94. The van der Waals surface area contributed by atoms with Crippen molar-refractivity contribution in [3.05, 3.63) is 70.1 Å². The van der Waals surface area contributed by atoms with E-state index in [2.05, 4.69) is 87.8 Å². The average molecular weight is 645 g/mol. The van der Waals surface area contributed by atoms with Gasteiger partial charge in [0.15, 0.2) is 0 Å². The normalized spacial score (nSPS) is 41.9. The molecular weight excluding hydrogens is 583 g/mol. The van der Waals surface area contributed by atoms with Gasteiger partial charge in [0.1, 0.15) is 6.10 Å². The minimum atomic E-state index is 0.219. The van der Waals surface area contributed by atoms with Crippen LogP contribution in [0.2, 0.25) is 5.82 Å². The highest BCUT2D eigenvalue weighted by molar-refractivity contribution is 6.76. The largest absolute Gasteiger partial charge is 0.364 e. The molecule has 1 spiro atoms. The van der Waals surface area contributed by atoms with E-state index in [-0.39, 0.29) is 23.2 Å². The van der Waals surface area contributed by atoms with Gasteiger partial charge in [0.25, 0.3) is 0 Å². The summed E-state index contributed by atoms with van der Waals surface area (Å²) < 4.78 is 7.13. The van der Waals surface area contributed by atoms with Crippen LogP contribution < -0.4 is 0 Å². The highest BCUT2D eigenvalue weighted by Gasteiger charge is 2.68. The standard InChI is InChI=1S/C44H61BN2O/c1-27-24-36-39-37(25-27)47-40-31(44(43(47,5)6)22-10-7-11-23-44)16-13-17-32(40)45(39)33-26-28(42(2,3)4)20-21-34(33)46(36)35-18-12-15-30-29-14-8-9-19-38(29)48-41(30)35/h8-9,14,18-20,27,29-31,33-34,37-38,41H,7,10-13,15-17,21-26H2,1-6H3. The minimum Gasteiger partial charge on any atom is -0.364 e. The Balaban J connectivity index is 1.18. The van der Waals surface area contributed by atoms with Gasteiger partial charge in [0.05, 0.1) is 6.10 Å². The number of fused-ring (bicyclic) bond motifs is 8. The van der Waals surface area contributed by atoms with Gasteiger partial charge in [-0.05, 0) is 102 Å². The minimum absolute atomic E-state index is 0.219. The summed E-state index contributed by atoms with van der Waals surface area (Å²) in [7, 11) is 0. The quantitative estimate of drug-likeness (QED) is 0.209. The van der Waals surface area contributed by atoms with Crippen LogP contribution in [0.1, 0.15) is 131 Å². The molecule has 6 aliphatic carbocycles. The number of ether oxygens (including phenoxy) is 1. The lowest BCUT2D eigenvalue weighted by Crippen LogP contribution is -2.63. The lowest BCUT2D eigenvalue weighted by molar-refractivity contribution is -0.000398. The zero-order chi connectivity index (χ0) is 32.7. The van der Waals surface area contributed by atoms with Crippen molar-refractivity contribution in [2.24, 2.45) is 34.5 Å². The van der Waals surface area contributed by atoms with Gasteiger partial charge >= 0.3 is 0 Å². The van der Waals surface area contributed by atoms with Crippen LogP contribution in [0.25, 0.3) is 0 Å². The summed E-state index contributed by atoms with van der Waals surface area (Å²) in [6.07, 6.45) is 34.1. The first-order chi connectivity index (χ1) is 23.1. The highest BCUT2D eigenvalue weighted by atomic mass is 16.5. The average Bonchev–Trinajstić information content (AvgIpc) is 3.54. The highest BCUT2D eigenvalue weighted by Crippen LogP contribution is 2.69. The maximum absolute atomic E-state index is 7.13. The van der Waals surface area contributed by atoms with Gasteiger partial charge in [-0.25, -0.2) is 0 Å². The summed E-state index contributed by atoms with van der Waals surface area (Å²) in [6.45, 7) is 16.1. The lowest BCUT2D eigenvalue weighted by Gasteiger charge is -2.61. The number of hydrogen-bond acceptors (Lipinski definition) is 3. The molecule has 0 aromatic heterocycles. The number of hydrogen-bond donors (Lipinski definition) is 0. The van der Waals surface area contributed by atoms with E-state index in [9.17, 15) is 0 Å². The molecule has 4 heterocycles. The van der Waals surface area contributed by atoms with Crippen molar-refractivity contribution in [3.63, 3.8) is 0 Å². The molecule has 0 radical (unpaired) electrons. The van der Waals surface area contributed by atoms with Crippen molar-refractivity contribution >= 4 is 6.71 Å². The van der Waals surface area contributed by atoms with Crippen LogP contribution in [0.15, 0.2) is 70.1 Å². The van der Waals surface area contributed by atoms with Crippen molar-refractivity contribution in [3.8, 4) is 0 Å². The molecule has 0 aromatic carbocycles. The van der Waals surface area contributed by atoms with Crippen LogP contribution in [0.3, 0.4) is 0 Å². The van der Waals surface area contributed by atoms with E-state index in [1.165, 1.54) is 89.9 Å². The maximum Gasteiger partial charge on any atom is 0.212 e. The van der Waals surface area contributed by atoms with Crippen LogP contribution in [-0.2, 0) is 4.74 Å². The zero-order valence-electron chi connectivity index (χ0n) is 30.9. The fourth-order valence-electron chi connectivity index (χ4n) is 14.3. The lowest BCUT2D eigenvalue weighted by atomic mass is 9.24. The van der Waals surface area contributed by atoms with Gasteiger partial charge in [-0.3, -0.25) is 0 Å². The molecule has 1 saturated carbocycles. The first-order valence-electron chi connectivity index (χ1n) is 20.5. The van der Waals surface area contributed by atoms with Crippen LogP contribution in [0.4, 0.5) is 0 Å². The van der Waals surface area contributed by atoms with Gasteiger partial charge < -0.3 is 14.5 Å². The van der Waals surface area contributed by atoms with E-state index in [1.54, 1.807) is 17.0 Å². The molecule has 4 aliphatic heterocycles. The zero-order valence-corrected chi connectivity index (χ0v) is 30.9. The first-order valence-corrected chi connectivity index (χ1v) is 20.5. The van der Waals surface area contributed by atoms with Gasteiger partial charge in [-0.15, -0.1) is 0 Å². The van der Waals surface area contributed by atoms with Crippen molar-refractivity contribution in [1.82, 2.24) is 9.80 Å². The van der Waals surface area contributed by atoms with Crippen molar-refractivity contribution in [1.29, 1.82) is 0 Å².